The zero-order chi connectivity index (χ0) is 15.3. The Hall–Kier alpha value is -1.55. The molecular weight excluding hydrogens is 252 g/mol. The van der Waals surface area contributed by atoms with Gasteiger partial charge in [-0.2, -0.15) is 0 Å². The van der Waals surface area contributed by atoms with Crippen LogP contribution in [0.2, 0.25) is 0 Å². The van der Waals surface area contributed by atoms with Gasteiger partial charge < -0.3 is 10.4 Å². The number of likely N-dealkylation sites (N-methyl/N-ethyl adjacent to an activating group) is 1. The van der Waals surface area contributed by atoms with E-state index in [-0.39, 0.29) is 11.9 Å². The van der Waals surface area contributed by atoms with Crippen molar-refractivity contribution < 1.29 is 9.90 Å². The molecule has 4 nitrogen and oxygen atoms in total. The lowest BCUT2D eigenvalue weighted by Crippen LogP contribution is -2.39. The van der Waals surface area contributed by atoms with Crippen molar-refractivity contribution >= 4 is 5.91 Å². The van der Waals surface area contributed by atoms with E-state index in [1.165, 1.54) is 0 Å². The number of nitrogens with zero attached hydrogens (tertiary/aromatic N) is 1. The molecule has 1 amide bonds. The molecule has 0 saturated carbocycles. The molecule has 0 radical (unpaired) electrons. The number of phenols is 1. The van der Waals surface area contributed by atoms with Gasteiger partial charge in [-0.3, -0.25) is 9.69 Å². The molecule has 0 saturated heterocycles. The molecule has 0 atom stereocenters. The minimum Gasteiger partial charge on any atom is -0.507 e. The first-order valence-corrected chi connectivity index (χ1v) is 7.14. The number of benzene rings is 1. The number of aryl methyl sites for hydroxylation is 2. The third kappa shape index (κ3) is 4.85. The lowest BCUT2D eigenvalue weighted by Gasteiger charge is -2.21. The summed E-state index contributed by atoms with van der Waals surface area (Å²) in [5, 5.41) is 12.7. The standard InChI is InChI=1S/C16H26N2O2/c1-6-18(10-15(19)17-11(2)3)9-14-7-12(4)16(20)13(5)8-14/h7-8,11,20H,6,9-10H2,1-5H3,(H,17,19). The third-order valence-electron chi connectivity index (χ3n) is 3.22. The average molecular weight is 278 g/mol. The Bertz CT molecular complexity index is 447. The minimum atomic E-state index is 0.0501. The van der Waals surface area contributed by atoms with Crippen LogP contribution >= 0.6 is 0 Å². The molecule has 20 heavy (non-hydrogen) atoms. The van der Waals surface area contributed by atoms with E-state index < -0.39 is 0 Å². The molecule has 112 valence electrons. The van der Waals surface area contributed by atoms with Crippen LogP contribution in [0.5, 0.6) is 5.75 Å². The summed E-state index contributed by atoms with van der Waals surface area (Å²) in [7, 11) is 0. The number of hydrogen-bond donors (Lipinski definition) is 2. The first kappa shape index (κ1) is 16.5. The first-order valence-electron chi connectivity index (χ1n) is 7.14. The van der Waals surface area contributed by atoms with Gasteiger partial charge in [0, 0.05) is 12.6 Å². The van der Waals surface area contributed by atoms with E-state index >= 15 is 0 Å². The monoisotopic (exact) mass is 278 g/mol. The highest BCUT2D eigenvalue weighted by atomic mass is 16.3. The van der Waals surface area contributed by atoms with Gasteiger partial charge in [-0.25, -0.2) is 0 Å². The van der Waals surface area contributed by atoms with Crippen molar-refractivity contribution in [2.24, 2.45) is 0 Å². The van der Waals surface area contributed by atoms with Crippen molar-refractivity contribution in [3.05, 3.63) is 28.8 Å². The van der Waals surface area contributed by atoms with E-state index in [1.54, 1.807) is 0 Å². The molecule has 0 aliphatic heterocycles. The molecule has 4 heteroatoms. The van der Waals surface area contributed by atoms with Crippen LogP contribution in [0.15, 0.2) is 12.1 Å². The summed E-state index contributed by atoms with van der Waals surface area (Å²) in [6.45, 7) is 11.7. The summed E-state index contributed by atoms with van der Waals surface area (Å²) < 4.78 is 0. The number of aromatic hydroxyl groups is 1. The second-order valence-electron chi connectivity index (χ2n) is 5.60. The van der Waals surface area contributed by atoms with Gasteiger partial charge in [-0.15, -0.1) is 0 Å². The van der Waals surface area contributed by atoms with Crippen molar-refractivity contribution in [3.8, 4) is 5.75 Å². The summed E-state index contributed by atoms with van der Waals surface area (Å²) in [4.78, 5) is 13.9. The average Bonchev–Trinajstić information content (AvgIpc) is 2.33. The quantitative estimate of drug-likeness (QED) is 0.840. The molecule has 0 heterocycles. The molecule has 0 aliphatic rings. The molecule has 0 unspecified atom stereocenters. The molecule has 0 spiro atoms. The Labute approximate surface area is 121 Å². The van der Waals surface area contributed by atoms with E-state index in [1.807, 2.05) is 46.8 Å². The maximum absolute atomic E-state index is 11.8. The predicted molar refractivity (Wildman–Crippen MR) is 81.8 cm³/mol. The Morgan fingerprint density at radius 2 is 1.85 bits per heavy atom. The minimum absolute atomic E-state index is 0.0501. The van der Waals surface area contributed by atoms with Crippen LogP contribution in [-0.4, -0.2) is 35.0 Å². The van der Waals surface area contributed by atoms with E-state index in [4.69, 9.17) is 0 Å². The third-order valence-corrected chi connectivity index (χ3v) is 3.22. The molecule has 1 rings (SSSR count). The second kappa shape index (κ2) is 7.29. The molecular formula is C16H26N2O2. The SMILES string of the molecule is CCN(CC(=O)NC(C)C)Cc1cc(C)c(O)c(C)c1. The van der Waals surface area contributed by atoms with Crippen molar-refractivity contribution in [1.82, 2.24) is 10.2 Å². The molecule has 1 aromatic rings. The smallest absolute Gasteiger partial charge is 0.234 e. The van der Waals surface area contributed by atoms with Gasteiger partial charge in [0.15, 0.2) is 0 Å². The Morgan fingerprint density at radius 3 is 2.30 bits per heavy atom. The number of carbonyl (C=O) groups excluding carboxylic acids is 1. The van der Waals surface area contributed by atoms with Gasteiger partial charge in [0.25, 0.3) is 0 Å². The van der Waals surface area contributed by atoms with Crippen LogP contribution < -0.4 is 5.32 Å². The summed E-state index contributed by atoms with van der Waals surface area (Å²) in [5.41, 5.74) is 2.88. The summed E-state index contributed by atoms with van der Waals surface area (Å²) in [5.74, 6) is 0.406. The lowest BCUT2D eigenvalue weighted by atomic mass is 10.1. The normalized spacial score (nSPS) is 11.2. The maximum Gasteiger partial charge on any atom is 0.234 e. The fourth-order valence-electron chi connectivity index (χ4n) is 2.25. The van der Waals surface area contributed by atoms with Crippen LogP contribution in [0, 0.1) is 13.8 Å². The number of carbonyl (C=O) groups is 1. The topological polar surface area (TPSA) is 52.6 Å². The maximum atomic E-state index is 11.8. The van der Waals surface area contributed by atoms with Crippen LogP contribution in [0.1, 0.15) is 37.5 Å². The van der Waals surface area contributed by atoms with Crippen LogP contribution in [0.3, 0.4) is 0 Å². The number of nitrogens with one attached hydrogen (secondary N) is 1. The van der Waals surface area contributed by atoms with E-state index in [9.17, 15) is 9.90 Å². The van der Waals surface area contributed by atoms with Gasteiger partial charge in [0.1, 0.15) is 5.75 Å². The zero-order valence-corrected chi connectivity index (χ0v) is 13.2. The molecule has 0 aliphatic carbocycles. The molecule has 0 fully saturated rings. The highest BCUT2D eigenvalue weighted by Gasteiger charge is 2.12. The van der Waals surface area contributed by atoms with Crippen molar-refractivity contribution in [2.75, 3.05) is 13.1 Å². The van der Waals surface area contributed by atoms with E-state index in [2.05, 4.69) is 10.2 Å². The predicted octanol–water partition coefficient (Wildman–Crippen LogP) is 2.36. The lowest BCUT2D eigenvalue weighted by molar-refractivity contribution is -0.122. The number of phenolic OH excluding ortho intramolecular Hbond substituents is 1. The van der Waals surface area contributed by atoms with E-state index in [0.717, 1.165) is 23.2 Å². The van der Waals surface area contributed by atoms with Crippen molar-refractivity contribution in [2.45, 2.75) is 47.2 Å². The highest BCUT2D eigenvalue weighted by molar-refractivity contribution is 5.78. The summed E-state index contributed by atoms with van der Waals surface area (Å²) in [6.07, 6.45) is 0. The Kier molecular flexibility index (Phi) is 6.02. The van der Waals surface area contributed by atoms with Gasteiger partial charge in [0.05, 0.1) is 6.54 Å². The van der Waals surface area contributed by atoms with E-state index in [0.29, 0.717) is 18.8 Å². The number of amides is 1. The van der Waals surface area contributed by atoms with Crippen LogP contribution in [-0.2, 0) is 11.3 Å². The fraction of sp³-hybridized carbons (Fsp3) is 0.562. The van der Waals surface area contributed by atoms with Crippen LogP contribution in [0.4, 0.5) is 0 Å². The summed E-state index contributed by atoms with van der Waals surface area (Å²) in [6, 6.07) is 4.12. The molecule has 0 bridgehead atoms. The van der Waals surface area contributed by atoms with Gasteiger partial charge in [-0.05, 0) is 50.9 Å². The van der Waals surface area contributed by atoms with Gasteiger partial charge in [-0.1, -0.05) is 19.1 Å². The van der Waals surface area contributed by atoms with Crippen molar-refractivity contribution in [3.63, 3.8) is 0 Å². The number of hydrogen-bond acceptors (Lipinski definition) is 3. The number of rotatable bonds is 6. The van der Waals surface area contributed by atoms with Crippen LogP contribution in [0.25, 0.3) is 0 Å². The van der Waals surface area contributed by atoms with Gasteiger partial charge >= 0.3 is 0 Å². The zero-order valence-electron chi connectivity index (χ0n) is 13.2. The second-order valence-corrected chi connectivity index (χ2v) is 5.60. The molecule has 2 N–H and O–H groups in total. The first-order chi connectivity index (χ1) is 9.33. The van der Waals surface area contributed by atoms with Gasteiger partial charge in [0.2, 0.25) is 5.91 Å². The van der Waals surface area contributed by atoms with Crippen molar-refractivity contribution in [1.29, 1.82) is 0 Å². The Morgan fingerprint density at radius 1 is 1.30 bits per heavy atom. The fourth-order valence-corrected chi connectivity index (χ4v) is 2.25. The largest absolute Gasteiger partial charge is 0.507 e. The summed E-state index contributed by atoms with van der Waals surface area (Å²) >= 11 is 0. The highest BCUT2D eigenvalue weighted by Crippen LogP contribution is 2.23. The molecule has 1 aromatic carbocycles. The Balaban J connectivity index is 2.71. The molecule has 0 aromatic heterocycles.